The number of amides is 1. The molecule has 0 aromatic heterocycles. The normalized spacial score (nSPS) is 12.7. The van der Waals surface area contributed by atoms with Gasteiger partial charge in [-0.2, -0.15) is 0 Å². The molecule has 2 N–H and O–H groups in total. The summed E-state index contributed by atoms with van der Waals surface area (Å²) in [7, 11) is 1.26. The molecule has 32 heavy (non-hydrogen) atoms. The van der Waals surface area contributed by atoms with Gasteiger partial charge in [-0.1, -0.05) is 83.8 Å². The zero-order valence-corrected chi connectivity index (χ0v) is 20.0. The first-order chi connectivity index (χ1) is 15.4. The summed E-state index contributed by atoms with van der Waals surface area (Å²) in [6.45, 7) is 4.31. The van der Waals surface area contributed by atoms with Crippen LogP contribution in [0, 0.1) is 5.92 Å². The number of ketones is 1. The summed E-state index contributed by atoms with van der Waals surface area (Å²) in [6.07, 6.45) is 11.3. The monoisotopic (exact) mass is 447 g/mol. The molecule has 2 atom stereocenters. The molecule has 0 aliphatic carbocycles. The quantitative estimate of drug-likeness (QED) is 0.197. The van der Waals surface area contributed by atoms with Crippen molar-refractivity contribution in [2.24, 2.45) is 5.92 Å². The molecule has 0 saturated heterocycles. The van der Waals surface area contributed by atoms with Crippen LogP contribution in [0.25, 0.3) is 0 Å². The number of benzene rings is 1. The molecule has 180 valence electrons. The average molecular weight is 448 g/mol. The van der Waals surface area contributed by atoms with E-state index in [1.54, 1.807) is 12.1 Å². The van der Waals surface area contributed by atoms with Crippen molar-refractivity contribution in [1.29, 1.82) is 0 Å². The lowest BCUT2D eigenvalue weighted by molar-refractivity contribution is -0.147. The van der Waals surface area contributed by atoms with E-state index in [1.807, 2.05) is 0 Å². The summed E-state index contributed by atoms with van der Waals surface area (Å²) in [4.78, 5) is 38.0. The number of phenolic OH excluding ortho intramolecular Hbond substituents is 1. The van der Waals surface area contributed by atoms with Gasteiger partial charge in [0.2, 0.25) is 5.78 Å². The van der Waals surface area contributed by atoms with Crippen LogP contribution >= 0.6 is 0 Å². The van der Waals surface area contributed by atoms with E-state index < -0.39 is 23.7 Å². The third-order valence-electron chi connectivity index (χ3n) is 5.82. The molecule has 0 bridgehead atoms. The van der Waals surface area contributed by atoms with E-state index in [4.69, 9.17) is 4.74 Å². The predicted octanol–water partition coefficient (Wildman–Crippen LogP) is 5.11. The van der Waals surface area contributed by atoms with E-state index in [0.29, 0.717) is 12.8 Å². The number of hydrogen-bond acceptors (Lipinski definition) is 5. The Morgan fingerprint density at radius 2 is 1.41 bits per heavy atom. The van der Waals surface area contributed by atoms with Gasteiger partial charge in [0, 0.05) is 12.3 Å². The lowest BCUT2D eigenvalue weighted by atomic mass is 9.90. The Kier molecular flexibility index (Phi) is 14.1. The van der Waals surface area contributed by atoms with Crippen LogP contribution in [-0.4, -0.2) is 35.9 Å². The molecule has 0 aliphatic rings. The molecule has 0 aliphatic heterocycles. The smallest absolute Gasteiger partial charge is 0.328 e. The van der Waals surface area contributed by atoms with E-state index in [-0.39, 0.29) is 18.1 Å². The van der Waals surface area contributed by atoms with E-state index in [9.17, 15) is 19.5 Å². The van der Waals surface area contributed by atoms with Crippen molar-refractivity contribution in [2.45, 2.75) is 96.9 Å². The van der Waals surface area contributed by atoms with Crippen LogP contribution in [0.1, 0.15) is 90.0 Å². The largest absolute Gasteiger partial charge is 0.508 e. The maximum absolute atomic E-state index is 13.0. The average Bonchev–Trinajstić information content (AvgIpc) is 2.80. The standard InChI is InChI=1S/C26H41NO5/c1-4-6-8-10-12-14-21(13-11-9-7-5-2)24(29)25(30)27-23(26(31)32-3)19-20-15-17-22(28)18-16-20/h15-18,21,23,28H,4-14,19H2,1-3H3,(H,27,30)/t21?,23-/m0/s1. The zero-order chi connectivity index (χ0) is 23.8. The van der Waals surface area contributed by atoms with Gasteiger partial charge in [-0.3, -0.25) is 9.59 Å². The molecule has 0 saturated carbocycles. The van der Waals surface area contributed by atoms with Crippen LogP contribution in [0.4, 0.5) is 0 Å². The summed E-state index contributed by atoms with van der Waals surface area (Å²) in [5.74, 6) is -1.93. The van der Waals surface area contributed by atoms with Crippen molar-refractivity contribution in [3.05, 3.63) is 29.8 Å². The molecule has 0 radical (unpaired) electrons. The van der Waals surface area contributed by atoms with Gasteiger partial charge in [0.15, 0.2) is 0 Å². The summed E-state index contributed by atoms with van der Waals surface area (Å²) in [5.41, 5.74) is 0.748. The second-order valence-electron chi connectivity index (χ2n) is 8.53. The number of unbranched alkanes of at least 4 members (excludes halogenated alkanes) is 7. The highest BCUT2D eigenvalue weighted by Crippen LogP contribution is 2.20. The van der Waals surface area contributed by atoms with Crippen molar-refractivity contribution >= 4 is 17.7 Å². The molecule has 1 aromatic rings. The van der Waals surface area contributed by atoms with Crippen LogP contribution < -0.4 is 5.32 Å². The first-order valence-corrected chi connectivity index (χ1v) is 12.1. The number of hydrogen-bond donors (Lipinski definition) is 2. The maximum Gasteiger partial charge on any atom is 0.328 e. The fourth-order valence-electron chi connectivity index (χ4n) is 3.84. The molecule has 1 aromatic carbocycles. The molecule has 0 heterocycles. The predicted molar refractivity (Wildman–Crippen MR) is 126 cm³/mol. The highest BCUT2D eigenvalue weighted by Gasteiger charge is 2.29. The lowest BCUT2D eigenvalue weighted by Gasteiger charge is -2.19. The number of ether oxygens (including phenoxy) is 1. The number of carbonyl (C=O) groups excluding carboxylic acids is 3. The van der Waals surface area contributed by atoms with Gasteiger partial charge in [0.05, 0.1) is 7.11 Å². The molecule has 6 nitrogen and oxygen atoms in total. The van der Waals surface area contributed by atoms with Crippen molar-refractivity contribution in [2.75, 3.05) is 7.11 Å². The van der Waals surface area contributed by atoms with E-state index >= 15 is 0 Å². The first kappa shape index (κ1) is 27.7. The second-order valence-corrected chi connectivity index (χ2v) is 8.53. The Labute approximate surface area is 193 Å². The van der Waals surface area contributed by atoms with Crippen LogP contribution in [-0.2, 0) is 25.5 Å². The molecule has 1 rings (SSSR count). The number of methoxy groups -OCH3 is 1. The van der Waals surface area contributed by atoms with Gasteiger partial charge in [0.25, 0.3) is 5.91 Å². The van der Waals surface area contributed by atoms with Gasteiger partial charge in [0.1, 0.15) is 11.8 Å². The van der Waals surface area contributed by atoms with Crippen molar-refractivity contribution in [3.63, 3.8) is 0 Å². The highest BCUT2D eigenvalue weighted by molar-refractivity contribution is 6.37. The van der Waals surface area contributed by atoms with Gasteiger partial charge >= 0.3 is 5.97 Å². The van der Waals surface area contributed by atoms with E-state index in [0.717, 1.165) is 56.9 Å². The second kappa shape index (κ2) is 16.3. The Bertz CT molecular complexity index is 686. The number of phenols is 1. The fraction of sp³-hybridized carbons (Fsp3) is 0.654. The minimum Gasteiger partial charge on any atom is -0.508 e. The highest BCUT2D eigenvalue weighted by atomic mass is 16.5. The maximum atomic E-state index is 13.0. The van der Waals surface area contributed by atoms with Crippen molar-refractivity contribution in [3.8, 4) is 5.75 Å². The van der Waals surface area contributed by atoms with Crippen LogP contribution in [0.5, 0.6) is 5.75 Å². The van der Waals surface area contributed by atoms with Crippen LogP contribution in [0.15, 0.2) is 24.3 Å². The van der Waals surface area contributed by atoms with Crippen molar-refractivity contribution in [1.82, 2.24) is 5.32 Å². The topological polar surface area (TPSA) is 92.7 Å². The van der Waals surface area contributed by atoms with Gasteiger partial charge in [-0.15, -0.1) is 0 Å². The summed E-state index contributed by atoms with van der Waals surface area (Å²) in [5, 5.41) is 12.0. The third kappa shape index (κ3) is 10.8. The van der Waals surface area contributed by atoms with Gasteiger partial charge < -0.3 is 15.2 Å². The minimum atomic E-state index is -0.953. The minimum absolute atomic E-state index is 0.118. The molecule has 0 spiro atoms. The van der Waals surface area contributed by atoms with E-state index in [2.05, 4.69) is 19.2 Å². The Hall–Kier alpha value is -2.37. The number of rotatable bonds is 17. The Morgan fingerprint density at radius 1 is 0.875 bits per heavy atom. The van der Waals surface area contributed by atoms with Crippen molar-refractivity contribution < 1.29 is 24.2 Å². The van der Waals surface area contributed by atoms with Crippen LogP contribution in [0.2, 0.25) is 0 Å². The SMILES string of the molecule is CCCCCCCC(CCCCCC)C(=O)C(=O)N[C@@H](Cc1ccc(O)cc1)C(=O)OC. The molecule has 6 heteroatoms. The summed E-state index contributed by atoms with van der Waals surface area (Å²) >= 11 is 0. The van der Waals surface area contributed by atoms with E-state index in [1.165, 1.54) is 25.7 Å². The zero-order valence-electron chi connectivity index (χ0n) is 20.0. The molecule has 0 fully saturated rings. The van der Waals surface area contributed by atoms with Gasteiger partial charge in [-0.05, 0) is 30.5 Å². The summed E-state index contributed by atoms with van der Waals surface area (Å²) in [6, 6.07) is 5.42. The Balaban J connectivity index is 2.76. The number of Topliss-reactive ketones (excluding diaryl/α,β-unsaturated/α-hetero) is 1. The first-order valence-electron chi connectivity index (χ1n) is 12.1. The third-order valence-corrected chi connectivity index (χ3v) is 5.82. The lowest BCUT2D eigenvalue weighted by Crippen LogP contribution is -2.47. The molecular formula is C26H41NO5. The number of nitrogens with one attached hydrogen (secondary N) is 1. The summed E-state index contributed by atoms with van der Waals surface area (Å²) < 4.78 is 4.83. The Morgan fingerprint density at radius 3 is 1.94 bits per heavy atom. The molecular weight excluding hydrogens is 406 g/mol. The number of esters is 1. The number of aromatic hydroxyl groups is 1. The molecule has 1 unspecified atom stereocenters. The van der Waals surface area contributed by atoms with Gasteiger partial charge in [-0.25, -0.2) is 4.79 Å². The van der Waals surface area contributed by atoms with Crippen LogP contribution in [0.3, 0.4) is 0 Å². The fourth-order valence-corrected chi connectivity index (χ4v) is 3.84. The number of carbonyl (C=O) groups is 3. The molecule has 1 amide bonds.